The highest BCUT2D eigenvalue weighted by Gasteiger charge is 2.37. The van der Waals surface area contributed by atoms with E-state index in [1.807, 2.05) is 0 Å². The molecule has 2 aromatic carbocycles. The maximum Gasteiger partial charge on any atom is 0.416 e. The molecule has 1 aliphatic heterocycles. The van der Waals surface area contributed by atoms with Gasteiger partial charge in [0, 0.05) is 12.1 Å². The van der Waals surface area contributed by atoms with E-state index in [4.69, 9.17) is 0 Å². The van der Waals surface area contributed by atoms with Crippen LogP contribution >= 0.6 is 0 Å². The van der Waals surface area contributed by atoms with Crippen molar-refractivity contribution in [2.24, 2.45) is 0 Å². The van der Waals surface area contributed by atoms with Gasteiger partial charge >= 0.3 is 6.18 Å². The number of alkyl halides is 3. The summed E-state index contributed by atoms with van der Waals surface area (Å²) >= 11 is 0. The Labute approximate surface area is 171 Å². The molecule has 0 atom stereocenters. The first kappa shape index (κ1) is 22.1. The number of aryl methyl sites for hydroxylation is 2. The Bertz CT molecular complexity index is 1200. The van der Waals surface area contributed by atoms with Gasteiger partial charge in [0.15, 0.2) is 0 Å². The average Bonchev–Trinajstić information content (AvgIpc) is 2.86. The standard InChI is InChI=1S/C18H17F3N2O5S2/c1-11-9-15(23-16(24)7-8-29(23,25)26)10-12(2)17(11)30(27,28)22-14-5-3-13(4-6-14)18(19,20)21/h3-6,9-10,22H,7-8H2,1-2H3. The Morgan fingerprint density at radius 1 is 1.03 bits per heavy atom. The number of carbonyl (C=O) groups is 1. The van der Waals surface area contributed by atoms with Crippen LogP contribution in [0.3, 0.4) is 0 Å². The molecule has 0 unspecified atom stereocenters. The summed E-state index contributed by atoms with van der Waals surface area (Å²) in [5.74, 6) is -0.924. The van der Waals surface area contributed by atoms with E-state index in [1.165, 1.54) is 26.0 Å². The lowest BCUT2D eigenvalue weighted by molar-refractivity contribution is -0.137. The molecule has 1 N–H and O–H groups in total. The number of hydrogen-bond donors (Lipinski definition) is 1. The van der Waals surface area contributed by atoms with Gasteiger partial charge in [0.25, 0.3) is 10.0 Å². The molecule has 162 valence electrons. The molecule has 0 saturated carbocycles. The second-order valence-corrected chi connectivity index (χ2v) is 10.4. The fourth-order valence-corrected chi connectivity index (χ4v) is 6.23. The minimum atomic E-state index is -4.55. The van der Waals surface area contributed by atoms with Crippen molar-refractivity contribution in [3.05, 3.63) is 53.1 Å². The summed E-state index contributed by atoms with van der Waals surface area (Å²) < 4.78 is 90.7. The number of nitrogens with zero attached hydrogens (tertiary/aromatic N) is 1. The molecule has 2 aromatic rings. The van der Waals surface area contributed by atoms with Gasteiger partial charge in [-0.3, -0.25) is 9.52 Å². The van der Waals surface area contributed by atoms with Crippen LogP contribution in [0, 0.1) is 13.8 Å². The smallest absolute Gasteiger partial charge is 0.280 e. The number of anilines is 2. The van der Waals surface area contributed by atoms with Crippen LogP contribution in [0.25, 0.3) is 0 Å². The van der Waals surface area contributed by atoms with Crippen molar-refractivity contribution < 1.29 is 34.8 Å². The average molecular weight is 462 g/mol. The highest BCUT2D eigenvalue weighted by Crippen LogP contribution is 2.33. The Morgan fingerprint density at radius 2 is 1.57 bits per heavy atom. The topological polar surface area (TPSA) is 101 Å². The van der Waals surface area contributed by atoms with Crippen LogP contribution in [0.1, 0.15) is 23.1 Å². The van der Waals surface area contributed by atoms with Crippen LogP contribution in [0.2, 0.25) is 0 Å². The zero-order chi connectivity index (χ0) is 22.5. The number of nitrogens with one attached hydrogen (secondary N) is 1. The predicted molar refractivity (Wildman–Crippen MR) is 104 cm³/mol. The molecule has 30 heavy (non-hydrogen) atoms. The summed E-state index contributed by atoms with van der Waals surface area (Å²) in [7, 11) is -8.00. The van der Waals surface area contributed by atoms with Gasteiger partial charge in [-0.1, -0.05) is 0 Å². The van der Waals surface area contributed by atoms with Gasteiger partial charge in [-0.15, -0.1) is 0 Å². The van der Waals surface area contributed by atoms with Crippen molar-refractivity contribution in [2.75, 3.05) is 14.8 Å². The SMILES string of the molecule is Cc1cc(N2C(=O)CCS2(=O)=O)cc(C)c1S(=O)(=O)Nc1ccc(C(F)(F)F)cc1. The largest absolute Gasteiger partial charge is 0.416 e. The van der Waals surface area contributed by atoms with E-state index in [1.54, 1.807) is 0 Å². The number of hydrogen-bond acceptors (Lipinski definition) is 5. The molecule has 12 heteroatoms. The number of halogens is 3. The van der Waals surface area contributed by atoms with E-state index in [0.717, 1.165) is 24.3 Å². The van der Waals surface area contributed by atoms with Crippen molar-refractivity contribution in [1.29, 1.82) is 0 Å². The Morgan fingerprint density at radius 3 is 2.00 bits per heavy atom. The molecule has 7 nitrogen and oxygen atoms in total. The fourth-order valence-electron chi connectivity index (χ4n) is 3.27. The second kappa shape index (κ2) is 7.27. The normalized spacial score (nSPS) is 16.7. The van der Waals surface area contributed by atoms with E-state index in [2.05, 4.69) is 4.72 Å². The molecule has 0 spiro atoms. The Hall–Kier alpha value is -2.60. The van der Waals surface area contributed by atoms with Gasteiger partial charge in [-0.05, 0) is 61.4 Å². The van der Waals surface area contributed by atoms with Gasteiger partial charge in [-0.25, -0.2) is 21.1 Å². The highest BCUT2D eigenvalue weighted by molar-refractivity contribution is 7.94. The van der Waals surface area contributed by atoms with Crippen molar-refractivity contribution >= 4 is 37.3 Å². The monoisotopic (exact) mass is 462 g/mol. The van der Waals surface area contributed by atoms with Crippen LogP contribution in [-0.4, -0.2) is 28.5 Å². The first-order valence-corrected chi connectivity index (χ1v) is 11.7. The third-order valence-electron chi connectivity index (χ3n) is 4.49. The molecular formula is C18H17F3N2O5S2. The van der Waals surface area contributed by atoms with Gasteiger partial charge < -0.3 is 0 Å². The molecule has 1 fully saturated rings. The van der Waals surface area contributed by atoms with Crippen LogP contribution in [-0.2, 0) is 31.0 Å². The molecule has 1 amide bonds. The lowest BCUT2D eigenvalue weighted by Crippen LogP contribution is -2.29. The number of rotatable bonds is 4. The molecule has 0 aromatic heterocycles. The lowest BCUT2D eigenvalue weighted by Gasteiger charge is -2.19. The van der Waals surface area contributed by atoms with Crippen molar-refractivity contribution in [2.45, 2.75) is 31.3 Å². The van der Waals surface area contributed by atoms with Gasteiger partial charge in [-0.2, -0.15) is 13.2 Å². The first-order chi connectivity index (χ1) is 13.7. The van der Waals surface area contributed by atoms with E-state index < -0.39 is 37.7 Å². The third kappa shape index (κ3) is 4.15. The van der Waals surface area contributed by atoms with Crippen LogP contribution < -0.4 is 9.03 Å². The summed E-state index contributed by atoms with van der Waals surface area (Å²) in [6, 6.07) is 6.04. The molecule has 0 aliphatic carbocycles. The van der Waals surface area contributed by atoms with Crippen molar-refractivity contribution in [3.8, 4) is 0 Å². The summed E-state index contributed by atoms with van der Waals surface area (Å²) in [6.45, 7) is 2.87. The number of carbonyl (C=O) groups excluding carboxylic acids is 1. The van der Waals surface area contributed by atoms with E-state index >= 15 is 0 Å². The minimum Gasteiger partial charge on any atom is -0.280 e. The summed E-state index contributed by atoms with van der Waals surface area (Å²) in [4.78, 5) is 11.8. The van der Waals surface area contributed by atoms with E-state index in [0.29, 0.717) is 4.31 Å². The van der Waals surface area contributed by atoms with Crippen LogP contribution in [0.4, 0.5) is 24.5 Å². The van der Waals surface area contributed by atoms with E-state index in [9.17, 15) is 34.8 Å². The first-order valence-electron chi connectivity index (χ1n) is 8.59. The van der Waals surface area contributed by atoms with Gasteiger partial charge in [0.1, 0.15) is 0 Å². The number of amides is 1. The number of sulfonamides is 2. The summed E-state index contributed by atoms with van der Waals surface area (Å²) in [5, 5.41) is 0. The fraction of sp³-hybridized carbons (Fsp3) is 0.278. The quantitative estimate of drug-likeness (QED) is 0.752. The number of benzene rings is 2. The molecule has 0 bridgehead atoms. The van der Waals surface area contributed by atoms with Crippen molar-refractivity contribution in [3.63, 3.8) is 0 Å². The van der Waals surface area contributed by atoms with E-state index in [-0.39, 0.29) is 39.6 Å². The minimum absolute atomic E-state index is 0.0426. The maximum atomic E-state index is 12.8. The molecular weight excluding hydrogens is 445 g/mol. The molecule has 1 aliphatic rings. The van der Waals surface area contributed by atoms with Gasteiger partial charge in [0.2, 0.25) is 15.9 Å². The van der Waals surface area contributed by atoms with Gasteiger partial charge in [0.05, 0.1) is 21.9 Å². The maximum absolute atomic E-state index is 12.8. The summed E-state index contributed by atoms with van der Waals surface area (Å²) in [5.41, 5.74) is -0.582. The predicted octanol–water partition coefficient (Wildman–Crippen LogP) is 3.19. The Balaban J connectivity index is 1.96. The molecule has 0 radical (unpaired) electrons. The second-order valence-electron chi connectivity index (χ2n) is 6.81. The zero-order valence-corrected chi connectivity index (χ0v) is 17.5. The molecule has 3 rings (SSSR count). The zero-order valence-electron chi connectivity index (χ0n) is 15.8. The van der Waals surface area contributed by atoms with Crippen molar-refractivity contribution in [1.82, 2.24) is 0 Å². The van der Waals surface area contributed by atoms with Crippen LogP contribution in [0.5, 0.6) is 0 Å². The molecule has 1 heterocycles. The Kier molecular flexibility index (Phi) is 5.35. The lowest BCUT2D eigenvalue weighted by atomic mass is 10.1. The van der Waals surface area contributed by atoms with Crippen LogP contribution in [0.15, 0.2) is 41.3 Å². The highest BCUT2D eigenvalue weighted by atomic mass is 32.2. The third-order valence-corrected chi connectivity index (χ3v) is 7.87. The molecule has 1 saturated heterocycles. The summed E-state index contributed by atoms with van der Waals surface area (Å²) in [6.07, 6.45) is -4.70.